The third-order valence-electron chi connectivity index (χ3n) is 2.74. The first kappa shape index (κ1) is 15.0. The van der Waals surface area contributed by atoms with Crippen molar-refractivity contribution in [2.45, 2.75) is 0 Å². The molecule has 0 heterocycles. The van der Waals surface area contributed by atoms with Crippen LogP contribution in [0.25, 0.3) is 0 Å². The van der Waals surface area contributed by atoms with Crippen LogP contribution in [-0.2, 0) is 0 Å². The quantitative estimate of drug-likeness (QED) is 0.897. The maximum absolute atomic E-state index is 12.0. The van der Waals surface area contributed by atoms with E-state index in [1.165, 1.54) is 7.11 Å². The van der Waals surface area contributed by atoms with Gasteiger partial charge in [0.25, 0.3) is 0 Å². The molecule has 0 saturated carbocycles. The lowest BCUT2D eigenvalue weighted by atomic mass is 10.3. The average molecular weight is 307 g/mol. The van der Waals surface area contributed by atoms with Gasteiger partial charge >= 0.3 is 6.03 Å². The molecule has 21 heavy (non-hydrogen) atoms. The predicted molar refractivity (Wildman–Crippen MR) is 83.6 cm³/mol. The molecule has 0 aliphatic heterocycles. The number of rotatable bonds is 4. The summed E-state index contributed by atoms with van der Waals surface area (Å²) in [6.07, 6.45) is 0. The lowest BCUT2D eigenvalue weighted by Gasteiger charge is -2.12. The summed E-state index contributed by atoms with van der Waals surface area (Å²) in [5, 5.41) is 5.90. The highest BCUT2D eigenvalue weighted by Crippen LogP contribution is 2.27. The number of hydrogen-bond donors (Lipinski definition) is 2. The molecule has 0 radical (unpaired) electrons. The van der Waals surface area contributed by atoms with Crippen molar-refractivity contribution >= 4 is 29.0 Å². The van der Waals surface area contributed by atoms with Crippen molar-refractivity contribution in [1.82, 2.24) is 0 Å². The van der Waals surface area contributed by atoms with Crippen LogP contribution in [0.5, 0.6) is 11.5 Å². The van der Waals surface area contributed by atoms with Crippen molar-refractivity contribution in [2.75, 3.05) is 24.9 Å². The zero-order chi connectivity index (χ0) is 15.2. The fourth-order valence-corrected chi connectivity index (χ4v) is 1.94. The number of carbonyl (C=O) groups excluding carboxylic acids is 1. The van der Waals surface area contributed by atoms with Gasteiger partial charge < -0.3 is 20.1 Å². The number of anilines is 2. The Kier molecular flexibility index (Phi) is 4.90. The smallest absolute Gasteiger partial charge is 0.323 e. The lowest BCUT2D eigenvalue weighted by molar-refractivity contribution is 0.262. The van der Waals surface area contributed by atoms with Crippen LogP contribution in [0.2, 0.25) is 5.02 Å². The normalized spacial score (nSPS) is 9.86. The minimum atomic E-state index is -0.399. The number of methoxy groups -OCH3 is 2. The zero-order valence-electron chi connectivity index (χ0n) is 11.6. The van der Waals surface area contributed by atoms with Crippen LogP contribution >= 0.6 is 11.6 Å². The van der Waals surface area contributed by atoms with Crippen molar-refractivity contribution in [1.29, 1.82) is 0 Å². The molecule has 110 valence electrons. The van der Waals surface area contributed by atoms with Crippen molar-refractivity contribution < 1.29 is 14.3 Å². The second-order valence-corrected chi connectivity index (χ2v) is 4.59. The molecule has 0 aliphatic rings. The highest BCUT2D eigenvalue weighted by molar-refractivity contribution is 6.31. The van der Waals surface area contributed by atoms with Gasteiger partial charge in [-0.2, -0.15) is 0 Å². The number of hydrogen-bond acceptors (Lipinski definition) is 3. The minimum Gasteiger partial charge on any atom is -0.497 e. The van der Waals surface area contributed by atoms with Gasteiger partial charge in [-0.25, -0.2) is 4.79 Å². The number of urea groups is 1. The molecular formula is C15H15ClN2O3. The first-order valence-corrected chi connectivity index (χ1v) is 6.56. The van der Waals surface area contributed by atoms with Crippen LogP contribution in [-0.4, -0.2) is 20.3 Å². The van der Waals surface area contributed by atoms with Crippen LogP contribution in [0.3, 0.4) is 0 Å². The Bertz CT molecular complexity index is 647. The second-order valence-electron chi connectivity index (χ2n) is 4.16. The van der Waals surface area contributed by atoms with E-state index in [-0.39, 0.29) is 0 Å². The average Bonchev–Trinajstić information content (AvgIpc) is 2.47. The van der Waals surface area contributed by atoms with Gasteiger partial charge in [-0.05, 0) is 30.3 Å². The van der Waals surface area contributed by atoms with Gasteiger partial charge in [0, 0.05) is 16.8 Å². The largest absolute Gasteiger partial charge is 0.497 e. The van der Waals surface area contributed by atoms with E-state index >= 15 is 0 Å². The van der Waals surface area contributed by atoms with E-state index in [0.717, 1.165) is 0 Å². The van der Waals surface area contributed by atoms with E-state index in [1.807, 2.05) is 0 Å². The number of ether oxygens (including phenoxy) is 2. The molecule has 2 amide bonds. The van der Waals surface area contributed by atoms with Gasteiger partial charge in [0.1, 0.15) is 11.5 Å². The molecule has 0 aromatic heterocycles. The fourth-order valence-electron chi connectivity index (χ4n) is 1.76. The van der Waals surface area contributed by atoms with Crippen molar-refractivity contribution in [3.63, 3.8) is 0 Å². The Morgan fingerprint density at radius 3 is 2.57 bits per heavy atom. The first-order valence-electron chi connectivity index (χ1n) is 6.18. The van der Waals surface area contributed by atoms with E-state index in [9.17, 15) is 4.79 Å². The lowest BCUT2D eigenvalue weighted by Crippen LogP contribution is -2.19. The maximum Gasteiger partial charge on any atom is 0.323 e. The predicted octanol–water partition coefficient (Wildman–Crippen LogP) is 4.00. The summed E-state index contributed by atoms with van der Waals surface area (Å²) in [7, 11) is 3.09. The first-order chi connectivity index (χ1) is 10.1. The summed E-state index contributed by atoms with van der Waals surface area (Å²) >= 11 is 5.91. The van der Waals surface area contributed by atoms with Crippen molar-refractivity contribution in [2.24, 2.45) is 0 Å². The molecule has 0 fully saturated rings. The zero-order valence-corrected chi connectivity index (χ0v) is 12.4. The number of nitrogens with one attached hydrogen (secondary N) is 2. The molecule has 0 unspecified atom stereocenters. The van der Waals surface area contributed by atoms with E-state index in [1.54, 1.807) is 49.6 Å². The second kappa shape index (κ2) is 6.85. The Labute approximate surface area is 127 Å². The summed E-state index contributed by atoms with van der Waals surface area (Å²) in [4.78, 5) is 12.0. The van der Waals surface area contributed by atoms with Gasteiger partial charge in [0.15, 0.2) is 0 Å². The summed E-state index contributed by atoms with van der Waals surface area (Å²) in [5.74, 6) is 1.19. The molecule has 6 heteroatoms. The molecule has 0 bridgehead atoms. The van der Waals surface area contributed by atoms with Crippen LogP contribution < -0.4 is 20.1 Å². The Balaban J connectivity index is 2.09. The molecule has 0 atom stereocenters. The Morgan fingerprint density at radius 1 is 1.05 bits per heavy atom. The maximum atomic E-state index is 12.0. The third kappa shape index (κ3) is 4.03. The highest BCUT2D eigenvalue weighted by atomic mass is 35.5. The number of carbonyl (C=O) groups is 1. The molecular weight excluding hydrogens is 292 g/mol. The summed E-state index contributed by atoms with van der Waals surface area (Å²) < 4.78 is 10.3. The minimum absolute atomic E-state index is 0.399. The van der Waals surface area contributed by atoms with Gasteiger partial charge in [-0.1, -0.05) is 17.7 Å². The molecule has 2 rings (SSSR count). The standard InChI is InChI=1S/C15H15ClN2O3/c1-20-12-5-3-4-11(9-12)17-15(19)18-13-8-10(16)6-7-14(13)21-2/h3-9H,1-2H3,(H2,17,18,19). The molecule has 2 aromatic carbocycles. The van der Waals surface area contributed by atoms with Gasteiger partial charge in [-0.3, -0.25) is 0 Å². The number of benzene rings is 2. The topological polar surface area (TPSA) is 59.6 Å². The number of halogens is 1. The Morgan fingerprint density at radius 2 is 1.86 bits per heavy atom. The third-order valence-corrected chi connectivity index (χ3v) is 2.97. The number of amides is 2. The molecule has 2 aromatic rings. The van der Waals surface area contributed by atoms with Crippen LogP contribution in [0, 0.1) is 0 Å². The molecule has 0 spiro atoms. The van der Waals surface area contributed by atoms with Crippen molar-refractivity contribution in [3.8, 4) is 11.5 Å². The van der Waals surface area contributed by atoms with Crippen LogP contribution in [0.15, 0.2) is 42.5 Å². The van der Waals surface area contributed by atoms with E-state index in [2.05, 4.69) is 10.6 Å². The van der Waals surface area contributed by atoms with Crippen molar-refractivity contribution in [3.05, 3.63) is 47.5 Å². The van der Waals surface area contributed by atoms with Gasteiger partial charge in [-0.15, -0.1) is 0 Å². The Hall–Kier alpha value is -2.40. The van der Waals surface area contributed by atoms with Crippen LogP contribution in [0.1, 0.15) is 0 Å². The molecule has 0 aliphatic carbocycles. The van der Waals surface area contributed by atoms with E-state index in [4.69, 9.17) is 21.1 Å². The van der Waals surface area contributed by atoms with Crippen LogP contribution in [0.4, 0.5) is 16.2 Å². The molecule has 0 saturated heterocycles. The SMILES string of the molecule is COc1cccc(NC(=O)Nc2cc(Cl)ccc2OC)c1. The van der Waals surface area contributed by atoms with Gasteiger partial charge in [0.05, 0.1) is 19.9 Å². The summed E-state index contributed by atoms with van der Waals surface area (Å²) in [6.45, 7) is 0. The van der Waals surface area contributed by atoms with E-state index in [0.29, 0.717) is 27.9 Å². The molecule has 5 nitrogen and oxygen atoms in total. The van der Waals surface area contributed by atoms with E-state index < -0.39 is 6.03 Å². The highest BCUT2D eigenvalue weighted by Gasteiger charge is 2.08. The fraction of sp³-hybridized carbons (Fsp3) is 0.133. The monoisotopic (exact) mass is 306 g/mol. The summed E-state index contributed by atoms with van der Waals surface area (Å²) in [5.41, 5.74) is 1.11. The summed E-state index contributed by atoms with van der Waals surface area (Å²) in [6, 6.07) is 11.6. The van der Waals surface area contributed by atoms with Gasteiger partial charge in [0.2, 0.25) is 0 Å². The molecule has 2 N–H and O–H groups in total.